The first kappa shape index (κ1) is 19.7. The van der Waals surface area contributed by atoms with Crippen LogP contribution in [-0.2, 0) is 11.0 Å². The van der Waals surface area contributed by atoms with Gasteiger partial charge in [0, 0.05) is 5.56 Å². The fraction of sp³-hybridized carbons (Fsp3) is 0.429. The third-order valence-corrected chi connectivity index (χ3v) is 9.42. The van der Waals surface area contributed by atoms with E-state index in [9.17, 15) is 5.11 Å². The van der Waals surface area contributed by atoms with Crippen LogP contribution in [0.3, 0.4) is 0 Å². The molecule has 0 heterocycles. The molecule has 2 rings (SSSR count). The van der Waals surface area contributed by atoms with Gasteiger partial charge in [-0.1, -0.05) is 69.3 Å². The molecule has 0 aromatic heterocycles. The van der Waals surface area contributed by atoms with Crippen LogP contribution in [0, 0.1) is 0 Å². The second kappa shape index (κ2) is 8.17. The molecule has 136 valence electrons. The highest BCUT2D eigenvalue weighted by atomic mass is 28.4. The maximum Gasteiger partial charge on any atom is 0.192 e. The van der Waals surface area contributed by atoms with Gasteiger partial charge in [0.2, 0.25) is 0 Å². The zero-order valence-electron chi connectivity index (χ0n) is 16.0. The summed E-state index contributed by atoms with van der Waals surface area (Å²) < 4.78 is 12.1. The molecule has 2 aromatic carbocycles. The minimum Gasteiger partial charge on any atom is -0.489 e. The molecule has 4 heteroatoms. The first-order chi connectivity index (χ1) is 11.7. The Morgan fingerprint density at radius 3 is 2.20 bits per heavy atom. The van der Waals surface area contributed by atoms with E-state index in [-0.39, 0.29) is 5.04 Å². The second-order valence-corrected chi connectivity index (χ2v) is 12.7. The fourth-order valence-electron chi connectivity index (χ4n) is 2.22. The predicted molar refractivity (Wildman–Crippen MR) is 105 cm³/mol. The number of aliphatic hydroxyl groups is 1. The van der Waals surface area contributed by atoms with Crippen molar-refractivity contribution in [3.8, 4) is 5.75 Å². The summed E-state index contributed by atoms with van der Waals surface area (Å²) in [5.41, 5.74) is 1.88. The molecular weight excluding hydrogens is 328 g/mol. The Bertz CT molecular complexity index is 662. The van der Waals surface area contributed by atoms with E-state index in [0.717, 1.165) is 11.1 Å². The van der Waals surface area contributed by atoms with E-state index in [0.29, 0.717) is 19.0 Å². The van der Waals surface area contributed by atoms with E-state index in [2.05, 4.69) is 33.9 Å². The van der Waals surface area contributed by atoms with E-state index in [1.165, 1.54) is 0 Å². The third-order valence-electron chi connectivity index (χ3n) is 4.92. The summed E-state index contributed by atoms with van der Waals surface area (Å²) in [6, 6.07) is 17.7. The summed E-state index contributed by atoms with van der Waals surface area (Å²) in [5, 5.41) is 10.8. The zero-order valence-corrected chi connectivity index (χ0v) is 17.0. The average molecular weight is 359 g/mol. The number of aliphatic hydroxyl groups excluding tert-OH is 1. The van der Waals surface area contributed by atoms with Crippen LogP contribution < -0.4 is 4.74 Å². The van der Waals surface area contributed by atoms with Crippen LogP contribution in [0.1, 0.15) is 38.0 Å². The lowest BCUT2D eigenvalue weighted by atomic mass is 10.1. The first-order valence-corrected chi connectivity index (χ1v) is 11.7. The second-order valence-electron chi connectivity index (χ2n) is 7.90. The van der Waals surface area contributed by atoms with Gasteiger partial charge in [0.15, 0.2) is 8.32 Å². The number of ether oxygens (including phenoxy) is 1. The molecule has 0 spiro atoms. The molecule has 0 aliphatic carbocycles. The van der Waals surface area contributed by atoms with E-state index in [1.54, 1.807) is 0 Å². The van der Waals surface area contributed by atoms with Crippen molar-refractivity contribution in [3.63, 3.8) is 0 Å². The number of rotatable bonds is 7. The van der Waals surface area contributed by atoms with E-state index >= 15 is 0 Å². The molecule has 25 heavy (non-hydrogen) atoms. The van der Waals surface area contributed by atoms with Gasteiger partial charge in [-0.15, -0.1) is 0 Å². The zero-order chi connectivity index (χ0) is 18.5. The number of benzene rings is 2. The molecule has 0 saturated carbocycles. The molecule has 0 unspecified atom stereocenters. The standard InChI is InChI=1S/C21H30O3Si/c1-21(2,3)25(4,5)24-16-19(22)18-13-9-10-14-20(18)23-15-17-11-7-6-8-12-17/h6-14,19,22H,15-16H2,1-5H3/t19-/m0/s1. The lowest BCUT2D eigenvalue weighted by molar-refractivity contribution is 0.0969. The van der Waals surface area contributed by atoms with E-state index < -0.39 is 14.4 Å². The smallest absolute Gasteiger partial charge is 0.192 e. The van der Waals surface area contributed by atoms with Gasteiger partial charge in [0.1, 0.15) is 18.5 Å². The number of hydrogen-bond donors (Lipinski definition) is 1. The normalized spacial score (nSPS) is 13.5. The molecule has 0 bridgehead atoms. The Labute approximate surface area is 152 Å². The largest absolute Gasteiger partial charge is 0.489 e. The van der Waals surface area contributed by atoms with Crippen LogP contribution in [0.15, 0.2) is 54.6 Å². The molecule has 1 N–H and O–H groups in total. The lowest BCUT2D eigenvalue weighted by Crippen LogP contribution is -2.41. The maximum atomic E-state index is 10.6. The molecule has 0 amide bonds. The van der Waals surface area contributed by atoms with Crippen molar-refractivity contribution in [2.75, 3.05) is 6.61 Å². The maximum absolute atomic E-state index is 10.6. The van der Waals surface area contributed by atoms with Gasteiger partial charge in [0.05, 0.1) is 6.61 Å². The molecule has 3 nitrogen and oxygen atoms in total. The Hall–Kier alpha value is -1.62. The van der Waals surface area contributed by atoms with Crippen LogP contribution in [0.4, 0.5) is 0 Å². The Morgan fingerprint density at radius 1 is 0.960 bits per heavy atom. The highest BCUT2D eigenvalue weighted by molar-refractivity contribution is 6.74. The van der Waals surface area contributed by atoms with Crippen molar-refractivity contribution in [3.05, 3.63) is 65.7 Å². The molecule has 0 aliphatic heterocycles. The summed E-state index contributed by atoms with van der Waals surface area (Å²) in [4.78, 5) is 0. The van der Waals surface area contributed by atoms with Gasteiger partial charge in [-0.25, -0.2) is 0 Å². The topological polar surface area (TPSA) is 38.7 Å². The van der Waals surface area contributed by atoms with Gasteiger partial charge in [-0.2, -0.15) is 0 Å². The molecule has 0 radical (unpaired) electrons. The van der Waals surface area contributed by atoms with E-state index in [1.807, 2.05) is 54.6 Å². The number of hydrogen-bond acceptors (Lipinski definition) is 3. The minimum absolute atomic E-state index is 0.121. The summed E-state index contributed by atoms with van der Waals surface area (Å²) >= 11 is 0. The average Bonchev–Trinajstić information content (AvgIpc) is 2.58. The van der Waals surface area contributed by atoms with Crippen molar-refractivity contribution in [2.45, 2.75) is 51.6 Å². The summed E-state index contributed by atoms with van der Waals surface area (Å²) in [7, 11) is -1.89. The summed E-state index contributed by atoms with van der Waals surface area (Å²) in [5.74, 6) is 0.706. The van der Waals surface area contributed by atoms with Gasteiger partial charge in [0.25, 0.3) is 0 Å². The van der Waals surface area contributed by atoms with Crippen LogP contribution in [0.25, 0.3) is 0 Å². The highest BCUT2D eigenvalue weighted by Crippen LogP contribution is 2.37. The SMILES string of the molecule is CC(C)(C)[Si](C)(C)OC[C@H](O)c1ccccc1OCc1ccccc1. The van der Waals surface area contributed by atoms with Crippen molar-refractivity contribution in [1.82, 2.24) is 0 Å². The van der Waals surface area contributed by atoms with Crippen molar-refractivity contribution in [1.29, 1.82) is 0 Å². The third kappa shape index (κ3) is 5.43. The Balaban J connectivity index is 2.04. The van der Waals surface area contributed by atoms with Crippen molar-refractivity contribution >= 4 is 8.32 Å². The summed E-state index contributed by atoms with van der Waals surface area (Å²) in [6.07, 6.45) is -0.693. The van der Waals surface area contributed by atoms with Crippen molar-refractivity contribution < 1.29 is 14.3 Å². The van der Waals surface area contributed by atoms with Crippen LogP contribution in [-0.4, -0.2) is 20.0 Å². The van der Waals surface area contributed by atoms with Crippen molar-refractivity contribution in [2.24, 2.45) is 0 Å². The highest BCUT2D eigenvalue weighted by Gasteiger charge is 2.37. The Morgan fingerprint density at radius 2 is 1.56 bits per heavy atom. The molecule has 0 fully saturated rings. The quantitative estimate of drug-likeness (QED) is 0.681. The predicted octanol–water partition coefficient (Wildman–Crippen LogP) is 5.32. The van der Waals surface area contributed by atoms with Crippen LogP contribution >= 0.6 is 0 Å². The molecule has 0 aliphatic rings. The molecular formula is C21H30O3Si. The van der Waals surface area contributed by atoms with E-state index in [4.69, 9.17) is 9.16 Å². The van der Waals surface area contributed by atoms with Gasteiger partial charge < -0.3 is 14.3 Å². The monoisotopic (exact) mass is 358 g/mol. The van der Waals surface area contributed by atoms with Crippen LogP contribution in [0.5, 0.6) is 5.75 Å². The van der Waals surface area contributed by atoms with Crippen LogP contribution in [0.2, 0.25) is 18.1 Å². The first-order valence-electron chi connectivity index (χ1n) is 8.78. The van der Waals surface area contributed by atoms with Gasteiger partial charge in [-0.05, 0) is 29.8 Å². The Kier molecular flexibility index (Phi) is 6.44. The fourth-order valence-corrected chi connectivity index (χ4v) is 3.22. The lowest BCUT2D eigenvalue weighted by Gasteiger charge is -2.36. The molecule has 0 saturated heterocycles. The number of para-hydroxylation sites is 1. The minimum atomic E-state index is -1.89. The molecule has 2 aromatic rings. The molecule has 1 atom stereocenters. The summed E-state index contributed by atoms with van der Waals surface area (Å²) in [6.45, 7) is 11.7. The van der Waals surface area contributed by atoms with Gasteiger partial charge >= 0.3 is 0 Å². The van der Waals surface area contributed by atoms with Gasteiger partial charge in [-0.3, -0.25) is 0 Å².